The van der Waals surface area contributed by atoms with Crippen molar-refractivity contribution in [3.63, 3.8) is 0 Å². The van der Waals surface area contributed by atoms with Gasteiger partial charge in [-0.15, -0.1) is 11.3 Å². The summed E-state index contributed by atoms with van der Waals surface area (Å²) in [6, 6.07) is 8.47. The van der Waals surface area contributed by atoms with Gasteiger partial charge in [0.25, 0.3) is 0 Å². The van der Waals surface area contributed by atoms with Crippen LogP contribution in [0.15, 0.2) is 34.9 Å². The Morgan fingerprint density at radius 2 is 2.12 bits per heavy atom. The van der Waals surface area contributed by atoms with E-state index in [9.17, 15) is 0 Å². The summed E-state index contributed by atoms with van der Waals surface area (Å²) in [5.74, 6) is 1.56. The van der Waals surface area contributed by atoms with E-state index in [1.54, 1.807) is 17.5 Å². The minimum atomic E-state index is 0.709. The first-order valence-corrected chi connectivity index (χ1v) is 5.97. The molecule has 0 aliphatic heterocycles. The maximum Gasteiger partial charge on any atom is 0.191 e. The highest BCUT2D eigenvalue weighted by Gasteiger charge is 2.09. The van der Waals surface area contributed by atoms with Crippen LogP contribution in [0.3, 0.4) is 0 Å². The molecule has 0 N–H and O–H groups in total. The number of nitrogens with zero attached hydrogens (tertiary/aromatic N) is 1. The Balaban J connectivity index is 2.30. The van der Waals surface area contributed by atoms with Crippen molar-refractivity contribution in [2.75, 3.05) is 0 Å². The number of benzene rings is 1. The van der Waals surface area contributed by atoms with E-state index in [0.717, 1.165) is 11.3 Å². The summed E-state index contributed by atoms with van der Waals surface area (Å²) in [7, 11) is 0. The van der Waals surface area contributed by atoms with Crippen molar-refractivity contribution in [3.8, 4) is 11.3 Å². The number of aromatic nitrogens is 1. The SMILES string of the molecule is Cc1ncc(-c2cccc3cc(C)sc23)o1. The number of aryl methyl sites for hydroxylation is 2. The molecular formula is C13H11NOS. The van der Waals surface area contributed by atoms with Gasteiger partial charge in [0, 0.05) is 22.1 Å². The molecule has 0 amide bonds. The molecule has 2 aromatic heterocycles. The Kier molecular flexibility index (Phi) is 2.07. The summed E-state index contributed by atoms with van der Waals surface area (Å²) in [5.41, 5.74) is 1.14. The highest BCUT2D eigenvalue weighted by molar-refractivity contribution is 7.19. The first-order valence-electron chi connectivity index (χ1n) is 5.16. The van der Waals surface area contributed by atoms with Crippen LogP contribution in [0.4, 0.5) is 0 Å². The van der Waals surface area contributed by atoms with Gasteiger partial charge in [0.05, 0.1) is 6.20 Å². The highest BCUT2D eigenvalue weighted by Crippen LogP contribution is 2.34. The molecule has 3 heteroatoms. The van der Waals surface area contributed by atoms with Crippen LogP contribution in [-0.2, 0) is 0 Å². The Morgan fingerprint density at radius 1 is 1.25 bits per heavy atom. The molecule has 2 heterocycles. The lowest BCUT2D eigenvalue weighted by Crippen LogP contribution is -1.73. The van der Waals surface area contributed by atoms with Crippen LogP contribution >= 0.6 is 11.3 Å². The lowest BCUT2D eigenvalue weighted by atomic mass is 10.1. The fourth-order valence-electron chi connectivity index (χ4n) is 1.87. The van der Waals surface area contributed by atoms with Crippen LogP contribution < -0.4 is 0 Å². The maximum absolute atomic E-state index is 5.58. The molecule has 16 heavy (non-hydrogen) atoms. The molecule has 2 nitrogen and oxygen atoms in total. The number of thiophene rings is 1. The van der Waals surface area contributed by atoms with Gasteiger partial charge in [0.1, 0.15) is 0 Å². The predicted octanol–water partition coefficient (Wildman–Crippen LogP) is 4.17. The molecule has 0 fully saturated rings. The highest BCUT2D eigenvalue weighted by atomic mass is 32.1. The maximum atomic E-state index is 5.58. The van der Waals surface area contributed by atoms with Crippen molar-refractivity contribution in [1.29, 1.82) is 0 Å². The Morgan fingerprint density at radius 3 is 2.88 bits per heavy atom. The van der Waals surface area contributed by atoms with Gasteiger partial charge >= 0.3 is 0 Å². The minimum Gasteiger partial charge on any atom is -0.441 e. The molecule has 0 aliphatic rings. The lowest BCUT2D eigenvalue weighted by molar-refractivity contribution is 0.535. The number of hydrogen-bond acceptors (Lipinski definition) is 3. The second kappa shape index (κ2) is 3.46. The molecular weight excluding hydrogens is 218 g/mol. The average Bonchev–Trinajstić information content (AvgIpc) is 2.82. The molecule has 0 spiro atoms. The van der Waals surface area contributed by atoms with E-state index in [2.05, 4.69) is 36.2 Å². The van der Waals surface area contributed by atoms with Gasteiger partial charge in [-0.05, 0) is 24.4 Å². The molecule has 3 rings (SSSR count). The van der Waals surface area contributed by atoms with E-state index in [4.69, 9.17) is 4.42 Å². The minimum absolute atomic E-state index is 0.709. The zero-order chi connectivity index (χ0) is 11.1. The van der Waals surface area contributed by atoms with E-state index in [1.807, 2.05) is 6.92 Å². The van der Waals surface area contributed by atoms with Crippen LogP contribution in [0.25, 0.3) is 21.4 Å². The third kappa shape index (κ3) is 1.44. The third-order valence-electron chi connectivity index (χ3n) is 2.55. The van der Waals surface area contributed by atoms with Crippen LogP contribution in [0.2, 0.25) is 0 Å². The standard InChI is InChI=1S/C13H11NOS/c1-8-6-10-4-3-5-11(13(10)16-8)12-7-14-9(2)15-12/h3-7H,1-2H3. The van der Waals surface area contributed by atoms with Gasteiger partial charge < -0.3 is 4.42 Å². The van der Waals surface area contributed by atoms with Crippen LogP contribution in [-0.4, -0.2) is 4.98 Å². The van der Waals surface area contributed by atoms with Crippen LogP contribution in [0.1, 0.15) is 10.8 Å². The Hall–Kier alpha value is -1.61. The van der Waals surface area contributed by atoms with Gasteiger partial charge in [0.15, 0.2) is 11.7 Å². The number of hydrogen-bond donors (Lipinski definition) is 0. The molecule has 0 aliphatic carbocycles. The summed E-state index contributed by atoms with van der Waals surface area (Å²) < 4.78 is 6.86. The molecule has 1 aromatic carbocycles. The normalized spacial score (nSPS) is 11.1. The first-order chi connectivity index (χ1) is 7.74. The van der Waals surface area contributed by atoms with Crippen molar-refractivity contribution in [2.45, 2.75) is 13.8 Å². The van der Waals surface area contributed by atoms with Crippen molar-refractivity contribution >= 4 is 21.4 Å². The molecule has 0 radical (unpaired) electrons. The molecule has 3 aromatic rings. The van der Waals surface area contributed by atoms with Gasteiger partial charge in [-0.25, -0.2) is 4.98 Å². The Bertz CT molecular complexity index is 651. The first kappa shape index (κ1) is 9.60. The van der Waals surface area contributed by atoms with Crippen molar-refractivity contribution in [2.24, 2.45) is 0 Å². The fraction of sp³-hybridized carbons (Fsp3) is 0.154. The van der Waals surface area contributed by atoms with Crippen molar-refractivity contribution < 1.29 is 4.42 Å². The molecule has 0 atom stereocenters. The fourth-order valence-corrected chi connectivity index (χ4v) is 2.90. The molecule has 0 saturated carbocycles. The van der Waals surface area contributed by atoms with E-state index in [0.29, 0.717) is 5.89 Å². The van der Waals surface area contributed by atoms with Crippen LogP contribution in [0, 0.1) is 13.8 Å². The topological polar surface area (TPSA) is 26.0 Å². The van der Waals surface area contributed by atoms with Gasteiger partial charge in [-0.1, -0.05) is 12.1 Å². The summed E-state index contributed by atoms with van der Waals surface area (Å²) >= 11 is 1.80. The summed E-state index contributed by atoms with van der Waals surface area (Å²) in [6.07, 6.45) is 1.79. The van der Waals surface area contributed by atoms with E-state index in [1.165, 1.54) is 15.0 Å². The number of oxazole rings is 1. The van der Waals surface area contributed by atoms with Crippen molar-refractivity contribution in [3.05, 3.63) is 41.2 Å². The van der Waals surface area contributed by atoms with E-state index in [-0.39, 0.29) is 0 Å². The number of rotatable bonds is 1. The van der Waals surface area contributed by atoms with Gasteiger partial charge in [-0.2, -0.15) is 0 Å². The number of fused-ring (bicyclic) bond motifs is 1. The Labute approximate surface area is 97.6 Å². The summed E-state index contributed by atoms with van der Waals surface area (Å²) in [6.45, 7) is 3.99. The van der Waals surface area contributed by atoms with Gasteiger partial charge in [-0.3, -0.25) is 0 Å². The van der Waals surface area contributed by atoms with Gasteiger partial charge in [0.2, 0.25) is 0 Å². The summed E-state index contributed by atoms with van der Waals surface area (Å²) in [4.78, 5) is 5.46. The summed E-state index contributed by atoms with van der Waals surface area (Å²) in [5, 5.41) is 1.27. The average molecular weight is 229 g/mol. The molecule has 0 unspecified atom stereocenters. The largest absolute Gasteiger partial charge is 0.441 e. The predicted molar refractivity (Wildman–Crippen MR) is 66.8 cm³/mol. The third-order valence-corrected chi connectivity index (χ3v) is 3.65. The zero-order valence-corrected chi connectivity index (χ0v) is 9.97. The smallest absolute Gasteiger partial charge is 0.191 e. The van der Waals surface area contributed by atoms with Crippen molar-refractivity contribution in [1.82, 2.24) is 4.98 Å². The molecule has 0 bridgehead atoms. The second-order valence-electron chi connectivity index (χ2n) is 3.82. The second-order valence-corrected chi connectivity index (χ2v) is 5.08. The lowest BCUT2D eigenvalue weighted by Gasteiger charge is -1.97. The van der Waals surface area contributed by atoms with Crippen LogP contribution in [0.5, 0.6) is 0 Å². The monoisotopic (exact) mass is 229 g/mol. The molecule has 0 saturated heterocycles. The zero-order valence-electron chi connectivity index (χ0n) is 9.15. The van der Waals surface area contributed by atoms with E-state index < -0.39 is 0 Å². The molecule has 80 valence electrons. The quantitative estimate of drug-likeness (QED) is 0.625. The van der Waals surface area contributed by atoms with E-state index >= 15 is 0 Å².